The number of carbonyl (C=O) groups excluding carboxylic acids is 1. The highest BCUT2D eigenvalue weighted by atomic mass is 35.5. The lowest BCUT2D eigenvalue weighted by atomic mass is 10.00. The van der Waals surface area contributed by atoms with Gasteiger partial charge in [-0.05, 0) is 47.6 Å². The largest absolute Gasteiger partial charge is 0.477 e. The minimum absolute atomic E-state index is 0.0931. The number of ether oxygens (including phenoxy) is 1. The molecule has 1 saturated carbocycles. The van der Waals surface area contributed by atoms with Gasteiger partial charge in [-0.15, -0.1) is 0 Å². The van der Waals surface area contributed by atoms with Gasteiger partial charge in [0.25, 0.3) is 5.91 Å². The summed E-state index contributed by atoms with van der Waals surface area (Å²) in [5.74, 6) is 0.584. The molecular formula is C24H23ClN2O3. The Balaban J connectivity index is 1.61. The maximum absolute atomic E-state index is 13.0. The summed E-state index contributed by atoms with van der Waals surface area (Å²) < 4.78 is 5.86. The highest BCUT2D eigenvalue weighted by Crippen LogP contribution is 2.31. The minimum Gasteiger partial charge on any atom is -0.477 e. The molecule has 1 amide bonds. The van der Waals surface area contributed by atoms with Crippen LogP contribution in [0.25, 0.3) is 11.1 Å². The number of nitrogens with one attached hydrogen (secondary N) is 1. The van der Waals surface area contributed by atoms with Crippen molar-refractivity contribution in [2.24, 2.45) is 5.92 Å². The van der Waals surface area contributed by atoms with Crippen LogP contribution in [0.1, 0.15) is 34.3 Å². The van der Waals surface area contributed by atoms with Crippen molar-refractivity contribution >= 4 is 17.5 Å². The number of carbonyl (C=O) groups is 1. The first kappa shape index (κ1) is 20.4. The Morgan fingerprint density at radius 2 is 1.87 bits per heavy atom. The molecule has 0 aliphatic heterocycles. The first-order valence-electron chi connectivity index (χ1n) is 9.99. The first-order chi connectivity index (χ1) is 14.7. The van der Waals surface area contributed by atoms with Crippen LogP contribution in [-0.2, 0) is 13.2 Å². The number of aromatic nitrogens is 1. The lowest BCUT2D eigenvalue weighted by molar-refractivity contribution is 0.0945. The molecule has 6 heteroatoms. The van der Waals surface area contributed by atoms with Gasteiger partial charge in [0.15, 0.2) is 0 Å². The van der Waals surface area contributed by atoms with Crippen LogP contribution in [0.5, 0.6) is 5.88 Å². The summed E-state index contributed by atoms with van der Waals surface area (Å²) in [5.41, 5.74) is 3.56. The van der Waals surface area contributed by atoms with Crippen LogP contribution in [0, 0.1) is 5.92 Å². The van der Waals surface area contributed by atoms with Crippen molar-refractivity contribution in [2.45, 2.75) is 26.0 Å². The van der Waals surface area contributed by atoms with Crippen LogP contribution in [0.15, 0.2) is 60.8 Å². The van der Waals surface area contributed by atoms with Crippen molar-refractivity contribution in [3.63, 3.8) is 0 Å². The fraction of sp³-hybridized carbons (Fsp3) is 0.250. The maximum atomic E-state index is 13.0. The summed E-state index contributed by atoms with van der Waals surface area (Å²) in [6.45, 7) is 0.770. The van der Waals surface area contributed by atoms with E-state index in [0.717, 1.165) is 35.1 Å². The fourth-order valence-corrected chi connectivity index (χ4v) is 3.41. The first-order valence-corrected chi connectivity index (χ1v) is 10.4. The molecule has 1 aliphatic rings. The predicted octanol–water partition coefficient (Wildman–Crippen LogP) is 4.61. The van der Waals surface area contributed by atoms with Gasteiger partial charge in [-0.2, -0.15) is 0 Å². The summed E-state index contributed by atoms with van der Waals surface area (Å²) in [5, 5.41) is 13.2. The number of nitrogens with zero attached hydrogens (tertiary/aromatic N) is 1. The number of aliphatic hydroxyl groups is 1. The summed E-state index contributed by atoms with van der Waals surface area (Å²) in [4.78, 5) is 17.5. The van der Waals surface area contributed by atoms with E-state index in [1.165, 1.54) is 0 Å². The molecular weight excluding hydrogens is 400 g/mol. The molecule has 1 fully saturated rings. The van der Waals surface area contributed by atoms with Crippen LogP contribution in [0.4, 0.5) is 0 Å². The van der Waals surface area contributed by atoms with Crippen molar-refractivity contribution in [3.8, 4) is 17.0 Å². The quantitative estimate of drug-likeness (QED) is 0.556. The number of aliphatic hydroxyl groups excluding tert-OH is 1. The van der Waals surface area contributed by atoms with Crippen molar-refractivity contribution in [1.82, 2.24) is 10.3 Å². The Kier molecular flexibility index (Phi) is 6.31. The number of rotatable bonds is 8. The summed E-state index contributed by atoms with van der Waals surface area (Å²) in [7, 11) is 0. The number of hydrogen-bond acceptors (Lipinski definition) is 4. The van der Waals surface area contributed by atoms with Gasteiger partial charge >= 0.3 is 0 Å². The lowest BCUT2D eigenvalue weighted by Gasteiger charge is -2.14. The van der Waals surface area contributed by atoms with Crippen LogP contribution in [-0.4, -0.2) is 22.6 Å². The summed E-state index contributed by atoms with van der Waals surface area (Å²) in [6.07, 6.45) is 3.98. The van der Waals surface area contributed by atoms with Gasteiger partial charge in [0.05, 0.1) is 13.2 Å². The van der Waals surface area contributed by atoms with E-state index in [1.54, 1.807) is 18.3 Å². The predicted molar refractivity (Wildman–Crippen MR) is 116 cm³/mol. The number of hydrogen-bond donors (Lipinski definition) is 2. The second kappa shape index (κ2) is 9.28. The van der Waals surface area contributed by atoms with E-state index in [-0.39, 0.29) is 12.5 Å². The topological polar surface area (TPSA) is 71.5 Å². The molecule has 0 spiro atoms. The van der Waals surface area contributed by atoms with Gasteiger partial charge in [0.2, 0.25) is 5.88 Å². The van der Waals surface area contributed by atoms with Crippen molar-refractivity contribution in [1.29, 1.82) is 0 Å². The molecule has 30 heavy (non-hydrogen) atoms. The average Bonchev–Trinajstić information content (AvgIpc) is 3.61. The fourth-order valence-electron chi connectivity index (χ4n) is 3.21. The van der Waals surface area contributed by atoms with Gasteiger partial charge in [-0.25, -0.2) is 4.98 Å². The molecule has 0 atom stereocenters. The van der Waals surface area contributed by atoms with Crippen LogP contribution in [0.3, 0.4) is 0 Å². The van der Waals surface area contributed by atoms with E-state index >= 15 is 0 Å². The van der Waals surface area contributed by atoms with Gasteiger partial charge in [0.1, 0.15) is 5.56 Å². The maximum Gasteiger partial charge on any atom is 0.257 e. The monoisotopic (exact) mass is 422 g/mol. The standard InChI is InChI=1S/C24H23ClN2O3/c25-22-8-4-2-5-17(22)12-26-23(29)21-11-19(20-7-3-1-6-18(20)14-28)13-27-24(21)30-15-16-9-10-16/h1-8,11,13,16,28H,9-10,12,14-15H2,(H,26,29). The van der Waals surface area contributed by atoms with E-state index in [0.29, 0.717) is 35.5 Å². The molecule has 2 N–H and O–H groups in total. The molecule has 5 nitrogen and oxygen atoms in total. The van der Waals surface area contributed by atoms with Crippen molar-refractivity contribution < 1.29 is 14.6 Å². The molecule has 4 rings (SSSR count). The number of amides is 1. The van der Waals surface area contributed by atoms with Crippen LogP contribution in [0.2, 0.25) is 5.02 Å². The Morgan fingerprint density at radius 3 is 2.60 bits per heavy atom. The second-order valence-corrected chi connectivity index (χ2v) is 7.83. The van der Waals surface area contributed by atoms with E-state index < -0.39 is 0 Å². The summed E-state index contributed by atoms with van der Waals surface area (Å²) >= 11 is 6.20. The molecule has 0 saturated heterocycles. The van der Waals surface area contributed by atoms with Crippen molar-refractivity contribution in [2.75, 3.05) is 6.61 Å². The molecule has 3 aromatic rings. The third-order valence-electron chi connectivity index (χ3n) is 5.14. The van der Waals surface area contributed by atoms with E-state index in [4.69, 9.17) is 16.3 Å². The zero-order chi connectivity index (χ0) is 20.9. The number of pyridine rings is 1. The van der Waals surface area contributed by atoms with Gasteiger partial charge < -0.3 is 15.2 Å². The third-order valence-corrected chi connectivity index (χ3v) is 5.51. The normalized spacial score (nSPS) is 13.1. The summed E-state index contributed by atoms with van der Waals surface area (Å²) in [6, 6.07) is 16.7. The van der Waals surface area contributed by atoms with Crippen molar-refractivity contribution in [3.05, 3.63) is 82.5 Å². The molecule has 0 unspecified atom stereocenters. The van der Waals surface area contributed by atoms with E-state index in [1.807, 2.05) is 42.5 Å². The number of halogens is 1. The lowest BCUT2D eigenvalue weighted by Crippen LogP contribution is -2.24. The zero-order valence-corrected chi connectivity index (χ0v) is 17.2. The molecule has 0 bridgehead atoms. The highest BCUT2D eigenvalue weighted by Gasteiger charge is 2.24. The SMILES string of the molecule is O=C(NCc1ccccc1Cl)c1cc(-c2ccccc2CO)cnc1OCC1CC1. The average molecular weight is 423 g/mol. The Hall–Kier alpha value is -2.89. The smallest absolute Gasteiger partial charge is 0.257 e. The number of benzene rings is 2. The Bertz CT molecular complexity index is 1050. The minimum atomic E-state index is -0.281. The van der Waals surface area contributed by atoms with Crippen LogP contribution < -0.4 is 10.1 Å². The highest BCUT2D eigenvalue weighted by molar-refractivity contribution is 6.31. The molecule has 1 heterocycles. The Morgan fingerprint density at radius 1 is 1.13 bits per heavy atom. The molecule has 154 valence electrons. The van der Waals surface area contributed by atoms with Crippen LogP contribution >= 0.6 is 11.6 Å². The van der Waals surface area contributed by atoms with Gasteiger partial charge in [0, 0.05) is 23.3 Å². The molecule has 2 aromatic carbocycles. The molecule has 1 aromatic heterocycles. The molecule has 1 aliphatic carbocycles. The van der Waals surface area contributed by atoms with Gasteiger partial charge in [-0.1, -0.05) is 54.1 Å². The Labute approximate surface area is 180 Å². The van der Waals surface area contributed by atoms with E-state index in [2.05, 4.69) is 10.3 Å². The molecule has 0 radical (unpaired) electrons. The third kappa shape index (κ3) is 4.81. The van der Waals surface area contributed by atoms with Gasteiger partial charge in [-0.3, -0.25) is 4.79 Å². The second-order valence-electron chi connectivity index (χ2n) is 7.42. The van der Waals surface area contributed by atoms with E-state index in [9.17, 15) is 9.90 Å². The zero-order valence-electron chi connectivity index (χ0n) is 16.5.